The number of benzene rings is 1. The second-order valence-electron chi connectivity index (χ2n) is 3.32. The number of anilines is 1. The number of aryl methyl sites for hydroxylation is 1. The standard InChI is InChI=1S/C11H7F3N4/c1-7-2-3-8(4-10(7)11(12,13)14)17-18-9(5-15)6-16/h2-4,17H,1H3. The molecular weight excluding hydrogens is 245 g/mol. The highest BCUT2D eigenvalue weighted by Gasteiger charge is 2.32. The maximum atomic E-state index is 12.6. The summed E-state index contributed by atoms with van der Waals surface area (Å²) in [4.78, 5) is 0. The van der Waals surface area contributed by atoms with E-state index in [1.165, 1.54) is 31.2 Å². The Bertz CT molecular complexity index is 545. The molecular formula is C11H7F3N4. The van der Waals surface area contributed by atoms with Crippen LogP contribution in [0.3, 0.4) is 0 Å². The van der Waals surface area contributed by atoms with Gasteiger partial charge in [0, 0.05) is 0 Å². The van der Waals surface area contributed by atoms with Crippen molar-refractivity contribution in [1.82, 2.24) is 0 Å². The van der Waals surface area contributed by atoms with Crippen molar-refractivity contribution in [3.8, 4) is 12.1 Å². The second kappa shape index (κ2) is 5.19. The number of alkyl halides is 3. The summed E-state index contributed by atoms with van der Waals surface area (Å²) in [5, 5.41) is 20.2. The van der Waals surface area contributed by atoms with Crippen LogP contribution in [0, 0.1) is 29.6 Å². The molecule has 0 spiro atoms. The van der Waals surface area contributed by atoms with Gasteiger partial charge in [-0.05, 0) is 24.6 Å². The van der Waals surface area contributed by atoms with Gasteiger partial charge in [-0.3, -0.25) is 5.43 Å². The number of hydrogen-bond donors (Lipinski definition) is 1. The quantitative estimate of drug-likeness (QED) is 0.649. The second-order valence-corrected chi connectivity index (χ2v) is 3.32. The lowest BCUT2D eigenvalue weighted by Crippen LogP contribution is -2.08. The lowest BCUT2D eigenvalue weighted by Gasteiger charge is -2.11. The average Bonchev–Trinajstić information content (AvgIpc) is 2.31. The molecule has 92 valence electrons. The molecule has 0 unspecified atom stereocenters. The number of nitriles is 2. The SMILES string of the molecule is Cc1ccc(NN=C(C#N)C#N)cc1C(F)(F)F. The fourth-order valence-electron chi connectivity index (χ4n) is 1.19. The first-order chi connectivity index (χ1) is 8.38. The van der Waals surface area contributed by atoms with E-state index in [1.807, 2.05) is 0 Å². The van der Waals surface area contributed by atoms with Crippen molar-refractivity contribution in [2.45, 2.75) is 13.1 Å². The molecule has 0 radical (unpaired) electrons. The minimum atomic E-state index is -4.46. The summed E-state index contributed by atoms with van der Waals surface area (Å²) in [7, 11) is 0. The smallest absolute Gasteiger partial charge is 0.276 e. The van der Waals surface area contributed by atoms with Gasteiger partial charge in [-0.1, -0.05) is 6.07 Å². The Kier molecular flexibility index (Phi) is 3.90. The summed E-state index contributed by atoms with van der Waals surface area (Å²) in [6.45, 7) is 1.34. The van der Waals surface area contributed by atoms with E-state index in [1.54, 1.807) is 0 Å². The summed E-state index contributed by atoms with van der Waals surface area (Å²) < 4.78 is 37.8. The first-order valence-electron chi connectivity index (χ1n) is 4.70. The van der Waals surface area contributed by atoms with E-state index in [4.69, 9.17) is 10.5 Å². The van der Waals surface area contributed by atoms with Gasteiger partial charge in [0.1, 0.15) is 12.1 Å². The van der Waals surface area contributed by atoms with Crippen molar-refractivity contribution in [1.29, 1.82) is 10.5 Å². The molecule has 0 bridgehead atoms. The number of halogens is 3. The maximum Gasteiger partial charge on any atom is 0.416 e. The number of hydrogen-bond acceptors (Lipinski definition) is 4. The molecule has 0 heterocycles. The summed E-state index contributed by atoms with van der Waals surface area (Å²) >= 11 is 0. The van der Waals surface area contributed by atoms with E-state index < -0.39 is 17.5 Å². The van der Waals surface area contributed by atoms with Crippen molar-refractivity contribution in [3.63, 3.8) is 0 Å². The molecule has 0 saturated carbocycles. The van der Waals surface area contributed by atoms with E-state index >= 15 is 0 Å². The first-order valence-corrected chi connectivity index (χ1v) is 4.70. The highest BCUT2D eigenvalue weighted by Crippen LogP contribution is 2.33. The zero-order valence-electron chi connectivity index (χ0n) is 9.21. The zero-order valence-corrected chi connectivity index (χ0v) is 9.21. The molecule has 0 amide bonds. The fourth-order valence-corrected chi connectivity index (χ4v) is 1.19. The lowest BCUT2D eigenvalue weighted by molar-refractivity contribution is -0.138. The van der Waals surface area contributed by atoms with Crippen molar-refractivity contribution in [2.75, 3.05) is 5.43 Å². The molecule has 4 nitrogen and oxygen atoms in total. The summed E-state index contributed by atoms with van der Waals surface area (Å²) in [6.07, 6.45) is -4.46. The minimum Gasteiger partial charge on any atom is -0.276 e. The van der Waals surface area contributed by atoms with Crippen LogP contribution in [0.1, 0.15) is 11.1 Å². The van der Waals surface area contributed by atoms with Crippen molar-refractivity contribution in [2.24, 2.45) is 5.10 Å². The molecule has 1 N–H and O–H groups in total. The lowest BCUT2D eigenvalue weighted by atomic mass is 10.1. The van der Waals surface area contributed by atoms with Crippen LogP contribution in [0.25, 0.3) is 0 Å². The predicted octanol–water partition coefficient (Wildman–Crippen LogP) is 2.83. The largest absolute Gasteiger partial charge is 0.416 e. The van der Waals surface area contributed by atoms with Crippen molar-refractivity contribution >= 4 is 11.4 Å². The molecule has 0 aliphatic carbocycles. The Morgan fingerprint density at radius 2 is 1.89 bits per heavy atom. The third-order valence-electron chi connectivity index (χ3n) is 2.05. The summed E-state index contributed by atoms with van der Waals surface area (Å²) in [6, 6.07) is 6.48. The number of nitrogens with zero attached hydrogens (tertiary/aromatic N) is 3. The molecule has 18 heavy (non-hydrogen) atoms. The van der Waals surface area contributed by atoms with Gasteiger partial charge < -0.3 is 0 Å². The highest BCUT2D eigenvalue weighted by molar-refractivity contribution is 6.10. The predicted molar refractivity (Wildman–Crippen MR) is 58.5 cm³/mol. The van der Waals surface area contributed by atoms with Gasteiger partial charge in [-0.15, -0.1) is 0 Å². The van der Waals surface area contributed by atoms with Gasteiger partial charge in [0.05, 0.1) is 11.3 Å². The number of hydrazone groups is 1. The van der Waals surface area contributed by atoms with Gasteiger partial charge in [0.25, 0.3) is 0 Å². The van der Waals surface area contributed by atoms with Crippen LogP contribution >= 0.6 is 0 Å². The number of rotatable bonds is 2. The monoisotopic (exact) mass is 252 g/mol. The van der Waals surface area contributed by atoms with Gasteiger partial charge >= 0.3 is 6.18 Å². The molecule has 7 heteroatoms. The Balaban J connectivity index is 3.05. The normalized spacial score (nSPS) is 10.1. The van der Waals surface area contributed by atoms with Crippen molar-refractivity contribution in [3.05, 3.63) is 29.3 Å². The third kappa shape index (κ3) is 3.22. The van der Waals surface area contributed by atoms with Crippen LogP contribution in [0.4, 0.5) is 18.9 Å². The Morgan fingerprint density at radius 1 is 1.28 bits per heavy atom. The molecule has 0 aromatic heterocycles. The van der Waals surface area contributed by atoms with Crippen LogP contribution in [-0.2, 0) is 6.18 Å². The topological polar surface area (TPSA) is 72.0 Å². The Hall–Kier alpha value is -2.54. The third-order valence-corrected chi connectivity index (χ3v) is 2.05. The van der Waals surface area contributed by atoms with Crippen LogP contribution in [0.15, 0.2) is 23.3 Å². The van der Waals surface area contributed by atoms with Crippen LogP contribution < -0.4 is 5.43 Å². The van der Waals surface area contributed by atoms with E-state index in [9.17, 15) is 13.2 Å². The molecule has 0 fully saturated rings. The van der Waals surface area contributed by atoms with Crippen LogP contribution in [0.2, 0.25) is 0 Å². The van der Waals surface area contributed by atoms with Crippen LogP contribution in [0.5, 0.6) is 0 Å². The molecule has 1 rings (SSSR count). The van der Waals surface area contributed by atoms with E-state index in [2.05, 4.69) is 10.5 Å². The molecule has 1 aromatic carbocycles. The van der Waals surface area contributed by atoms with E-state index in [0.717, 1.165) is 6.07 Å². The van der Waals surface area contributed by atoms with Crippen LogP contribution in [-0.4, -0.2) is 5.71 Å². The van der Waals surface area contributed by atoms with Gasteiger partial charge in [-0.25, -0.2) is 0 Å². The highest BCUT2D eigenvalue weighted by atomic mass is 19.4. The van der Waals surface area contributed by atoms with Gasteiger partial charge in [-0.2, -0.15) is 28.8 Å². The van der Waals surface area contributed by atoms with Gasteiger partial charge in [0.15, 0.2) is 0 Å². The Labute approximate surface area is 101 Å². The molecule has 0 aliphatic rings. The van der Waals surface area contributed by atoms with Crippen molar-refractivity contribution < 1.29 is 13.2 Å². The molecule has 0 aliphatic heterocycles. The molecule has 0 saturated heterocycles. The maximum absolute atomic E-state index is 12.6. The zero-order chi connectivity index (χ0) is 13.8. The van der Waals surface area contributed by atoms with E-state index in [-0.39, 0.29) is 11.3 Å². The average molecular weight is 252 g/mol. The first kappa shape index (κ1) is 13.5. The fraction of sp³-hybridized carbons (Fsp3) is 0.182. The summed E-state index contributed by atoms with van der Waals surface area (Å²) in [5.41, 5.74) is 1.10. The molecule has 1 aromatic rings. The Morgan fingerprint density at radius 3 is 2.39 bits per heavy atom. The minimum absolute atomic E-state index is 0.0518. The van der Waals surface area contributed by atoms with Gasteiger partial charge in [0.2, 0.25) is 5.71 Å². The number of nitrogens with one attached hydrogen (secondary N) is 1. The van der Waals surface area contributed by atoms with E-state index in [0.29, 0.717) is 0 Å². The summed E-state index contributed by atoms with van der Waals surface area (Å²) in [5.74, 6) is 0. The molecule has 0 atom stereocenters.